The molecule has 21 heavy (non-hydrogen) atoms. The standard InChI is InChI=1S/C17H19N3O/c1-3-10-20-12-16(8-9-17(20)21)19-13(2)15-6-4-14(11-18)5-7-15/h4-9,12-13,19H,3,10H2,1-2H3. The van der Waals surface area contributed by atoms with Crippen LogP contribution in [-0.2, 0) is 6.54 Å². The van der Waals surface area contributed by atoms with E-state index >= 15 is 0 Å². The number of benzene rings is 1. The lowest BCUT2D eigenvalue weighted by Crippen LogP contribution is -2.19. The third-order valence-electron chi connectivity index (χ3n) is 3.37. The van der Waals surface area contributed by atoms with Crippen molar-refractivity contribution in [3.63, 3.8) is 0 Å². The Morgan fingerprint density at radius 2 is 1.95 bits per heavy atom. The Hall–Kier alpha value is -2.54. The largest absolute Gasteiger partial charge is 0.377 e. The average molecular weight is 281 g/mol. The van der Waals surface area contributed by atoms with Crippen LogP contribution in [0.4, 0.5) is 5.69 Å². The number of nitrogens with one attached hydrogen (secondary N) is 1. The molecule has 0 amide bonds. The van der Waals surface area contributed by atoms with Crippen LogP contribution in [0.3, 0.4) is 0 Å². The maximum absolute atomic E-state index is 11.7. The van der Waals surface area contributed by atoms with Crippen LogP contribution in [0.1, 0.15) is 37.4 Å². The Bertz CT molecular complexity index is 695. The minimum Gasteiger partial charge on any atom is -0.377 e. The van der Waals surface area contributed by atoms with Crippen molar-refractivity contribution in [1.29, 1.82) is 5.26 Å². The molecule has 0 fully saturated rings. The SMILES string of the molecule is CCCn1cc(NC(C)c2ccc(C#N)cc2)ccc1=O. The smallest absolute Gasteiger partial charge is 0.250 e. The van der Waals surface area contributed by atoms with Crippen molar-refractivity contribution in [3.05, 3.63) is 64.1 Å². The van der Waals surface area contributed by atoms with Gasteiger partial charge in [0.15, 0.2) is 0 Å². The molecule has 4 nitrogen and oxygen atoms in total. The van der Waals surface area contributed by atoms with Crippen LogP contribution < -0.4 is 10.9 Å². The van der Waals surface area contributed by atoms with E-state index in [0.29, 0.717) is 5.56 Å². The molecule has 1 heterocycles. The first kappa shape index (κ1) is 14.9. The quantitative estimate of drug-likeness (QED) is 0.914. The van der Waals surface area contributed by atoms with E-state index in [1.165, 1.54) is 0 Å². The van der Waals surface area contributed by atoms with Crippen LogP contribution >= 0.6 is 0 Å². The molecule has 1 aromatic carbocycles. The molecule has 2 rings (SSSR count). The van der Waals surface area contributed by atoms with Crippen molar-refractivity contribution in [1.82, 2.24) is 4.57 Å². The number of aromatic nitrogens is 1. The summed E-state index contributed by atoms with van der Waals surface area (Å²) in [6.07, 6.45) is 2.78. The predicted octanol–water partition coefficient (Wildman–Crippen LogP) is 3.30. The number of hydrogen-bond donors (Lipinski definition) is 1. The minimum absolute atomic E-state index is 0.0217. The van der Waals surface area contributed by atoms with Crippen molar-refractivity contribution in [2.45, 2.75) is 32.9 Å². The summed E-state index contributed by atoms with van der Waals surface area (Å²) in [7, 11) is 0. The van der Waals surface area contributed by atoms with Gasteiger partial charge in [0.25, 0.3) is 5.56 Å². The number of pyridine rings is 1. The zero-order valence-electron chi connectivity index (χ0n) is 12.3. The lowest BCUT2D eigenvalue weighted by molar-refractivity contribution is 0.654. The number of nitriles is 1. The van der Waals surface area contributed by atoms with E-state index in [1.807, 2.05) is 37.4 Å². The molecule has 1 aromatic heterocycles. The number of aryl methyl sites for hydroxylation is 1. The molecule has 2 aromatic rings. The van der Waals surface area contributed by atoms with E-state index in [0.717, 1.165) is 24.2 Å². The van der Waals surface area contributed by atoms with Gasteiger partial charge < -0.3 is 9.88 Å². The van der Waals surface area contributed by atoms with Crippen molar-refractivity contribution in [3.8, 4) is 6.07 Å². The summed E-state index contributed by atoms with van der Waals surface area (Å²) in [4.78, 5) is 11.7. The molecule has 4 heteroatoms. The molecule has 0 aliphatic heterocycles. The first-order valence-corrected chi connectivity index (χ1v) is 7.11. The third-order valence-corrected chi connectivity index (χ3v) is 3.37. The summed E-state index contributed by atoms with van der Waals surface area (Å²) < 4.78 is 1.72. The van der Waals surface area contributed by atoms with E-state index in [9.17, 15) is 4.79 Å². The van der Waals surface area contributed by atoms with Gasteiger partial charge in [-0.3, -0.25) is 4.79 Å². The molecule has 0 saturated heterocycles. The minimum atomic E-state index is 0.0217. The predicted molar refractivity (Wildman–Crippen MR) is 84.2 cm³/mol. The number of rotatable bonds is 5. The molecule has 0 aliphatic rings. The highest BCUT2D eigenvalue weighted by Crippen LogP contribution is 2.18. The maximum Gasteiger partial charge on any atom is 0.250 e. The van der Waals surface area contributed by atoms with E-state index < -0.39 is 0 Å². The molecule has 0 spiro atoms. The highest BCUT2D eigenvalue weighted by molar-refractivity contribution is 5.44. The van der Waals surface area contributed by atoms with Crippen molar-refractivity contribution in [2.24, 2.45) is 0 Å². The van der Waals surface area contributed by atoms with Gasteiger partial charge in [0.1, 0.15) is 0 Å². The normalized spacial score (nSPS) is 11.7. The molecule has 0 radical (unpaired) electrons. The molecule has 0 saturated carbocycles. The summed E-state index contributed by atoms with van der Waals surface area (Å²) in [5.74, 6) is 0. The van der Waals surface area contributed by atoms with Gasteiger partial charge in [0, 0.05) is 24.8 Å². The fraction of sp³-hybridized carbons (Fsp3) is 0.294. The number of anilines is 1. The van der Waals surface area contributed by atoms with Gasteiger partial charge in [-0.25, -0.2) is 0 Å². The van der Waals surface area contributed by atoms with Gasteiger partial charge in [-0.15, -0.1) is 0 Å². The van der Waals surface area contributed by atoms with Crippen molar-refractivity contribution in [2.75, 3.05) is 5.32 Å². The second-order valence-corrected chi connectivity index (χ2v) is 5.05. The lowest BCUT2D eigenvalue weighted by Gasteiger charge is -2.16. The van der Waals surface area contributed by atoms with Crippen LogP contribution in [0, 0.1) is 11.3 Å². The highest BCUT2D eigenvalue weighted by Gasteiger charge is 2.06. The first-order chi connectivity index (χ1) is 10.1. The Morgan fingerprint density at radius 3 is 2.57 bits per heavy atom. The second-order valence-electron chi connectivity index (χ2n) is 5.05. The fourth-order valence-corrected chi connectivity index (χ4v) is 2.21. The molecule has 0 bridgehead atoms. The number of hydrogen-bond acceptors (Lipinski definition) is 3. The zero-order valence-corrected chi connectivity index (χ0v) is 12.3. The summed E-state index contributed by atoms with van der Waals surface area (Å²) in [6, 6.07) is 13.1. The Morgan fingerprint density at radius 1 is 1.24 bits per heavy atom. The monoisotopic (exact) mass is 281 g/mol. The molecule has 1 atom stereocenters. The van der Waals surface area contributed by atoms with Crippen LogP contribution in [0.5, 0.6) is 0 Å². The molecule has 108 valence electrons. The molecule has 0 aliphatic carbocycles. The van der Waals surface area contributed by atoms with E-state index in [1.54, 1.807) is 16.7 Å². The molecule has 1 N–H and O–H groups in total. The molecule has 1 unspecified atom stereocenters. The van der Waals surface area contributed by atoms with Gasteiger partial charge in [-0.2, -0.15) is 5.26 Å². The fourth-order valence-electron chi connectivity index (χ4n) is 2.21. The van der Waals surface area contributed by atoms with Crippen molar-refractivity contribution < 1.29 is 0 Å². The van der Waals surface area contributed by atoms with Gasteiger partial charge in [0.2, 0.25) is 0 Å². The van der Waals surface area contributed by atoms with E-state index in [4.69, 9.17) is 5.26 Å². The van der Waals surface area contributed by atoms with Crippen LogP contribution in [0.25, 0.3) is 0 Å². The first-order valence-electron chi connectivity index (χ1n) is 7.11. The second kappa shape index (κ2) is 6.76. The summed E-state index contributed by atoms with van der Waals surface area (Å²) in [5.41, 5.74) is 2.69. The topological polar surface area (TPSA) is 57.8 Å². The van der Waals surface area contributed by atoms with E-state index in [-0.39, 0.29) is 11.6 Å². The van der Waals surface area contributed by atoms with Gasteiger partial charge >= 0.3 is 0 Å². The lowest BCUT2D eigenvalue weighted by atomic mass is 10.1. The van der Waals surface area contributed by atoms with Crippen LogP contribution in [0.15, 0.2) is 47.4 Å². The molecular formula is C17H19N3O. The Labute approximate surface area is 124 Å². The van der Waals surface area contributed by atoms with Crippen LogP contribution in [-0.4, -0.2) is 4.57 Å². The van der Waals surface area contributed by atoms with Gasteiger partial charge in [0.05, 0.1) is 17.3 Å². The van der Waals surface area contributed by atoms with Crippen LogP contribution in [0.2, 0.25) is 0 Å². The summed E-state index contributed by atoms with van der Waals surface area (Å²) in [5, 5.41) is 12.2. The summed E-state index contributed by atoms with van der Waals surface area (Å²) in [6.45, 7) is 4.82. The van der Waals surface area contributed by atoms with Gasteiger partial charge in [-0.05, 0) is 37.1 Å². The maximum atomic E-state index is 11.7. The number of nitrogens with zero attached hydrogens (tertiary/aromatic N) is 2. The summed E-state index contributed by atoms with van der Waals surface area (Å²) >= 11 is 0. The third kappa shape index (κ3) is 3.73. The average Bonchev–Trinajstić information content (AvgIpc) is 2.51. The molecular weight excluding hydrogens is 262 g/mol. The highest BCUT2D eigenvalue weighted by atomic mass is 16.1. The zero-order chi connectivity index (χ0) is 15.2. The Balaban J connectivity index is 2.15. The van der Waals surface area contributed by atoms with Gasteiger partial charge in [-0.1, -0.05) is 19.1 Å². The Kier molecular flexibility index (Phi) is 4.78. The van der Waals surface area contributed by atoms with E-state index in [2.05, 4.69) is 18.3 Å². The van der Waals surface area contributed by atoms with Crippen molar-refractivity contribution >= 4 is 5.69 Å².